The van der Waals surface area contributed by atoms with E-state index in [1.54, 1.807) is 0 Å². The smallest absolute Gasteiger partial charge is 0.399 e. The van der Waals surface area contributed by atoms with Crippen molar-refractivity contribution < 1.29 is 9.31 Å². The molecule has 3 aliphatic heterocycles. The van der Waals surface area contributed by atoms with Crippen molar-refractivity contribution in [3.63, 3.8) is 0 Å². The molecule has 1 unspecified atom stereocenters. The third-order valence-electron chi connectivity index (χ3n) is 6.65. The van der Waals surface area contributed by atoms with Crippen LogP contribution in [0.3, 0.4) is 0 Å². The number of anilines is 1. The maximum absolute atomic E-state index is 6.27. The fourth-order valence-corrected chi connectivity index (χ4v) is 4.47. The number of hydrogen-bond donors (Lipinski definition) is 0. The highest BCUT2D eigenvalue weighted by Gasteiger charge is 2.52. The Kier molecular flexibility index (Phi) is 3.99. The van der Waals surface area contributed by atoms with Crippen LogP contribution < -0.4 is 10.4 Å². The molecule has 2 fully saturated rings. The Labute approximate surface area is 152 Å². The van der Waals surface area contributed by atoms with Crippen LogP contribution in [0, 0.1) is 6.92 Å². The van der Waals surface area contributed by atoms with Crippen LogP contribution in [-0.4, -0.2) is 55.9 Å². The molecule has 136 valence electrons. The van der Waals surface area contributed by atoms with E-state index in [1.165, 1.54) is 35.2 Å². The average molecular weight is 342 g/mol. The lowest BCUT2D eigenvalue weighted by atomic mass is 9.75. The van der Waals surface area contributed by atoms with Crippen LogP contribution in [0.25, 0.3) is 0 Å². The van der Waals surface area contributed by atoms with Gasteiger partial charge in [-0.15, -0.1) is 0 Å². The zero-order valence-corrected chi connectivity index (χ0v) is 16.6. The predicted octanol–water partition coefficient (Wildman–Crippen LogP) is 2.36. The highest BCUT2D eigenvalue weighted by atomic mass is 16.7. The van der Waals surface area contributed by atoms with Crippen molar-refractivity contribution in [1.29, 1.82) is 0 Å². The first kappa shape index (κ1) is 17.4. The summed E-state index contributed by atoms with van der Waals surface area (Å²) in [7, 11) is 1.97. The summed E-state index contributed by atoms with van der Waals surface area (Å²) in [4.78, 5) is 5.10. The van der Waals surface area contributed by atoms with Gasteiger partial charge in [0.15, 0.2) is 0 Å². The quantitative estimate of drug-likeness (QED) is 0.732. The third-order valence-corrected chi connectivity index (χ3v) is 6.65. The molecule has 5 heteroatoms. The van der Waals surface area contributed by atoms with Gasteiger partial charge in [0.25, 0.3) is 0 Å². The van der Waals surface area contributed by atoms with E-state index in [0.29, 0.717) is 6.04 Å². The van der Waals surface area contributed by atoms with Crippen molar-refractivity contribution in [2.75, 3.05) is 31.6 Å². The van der Waals surface area contributed by atoms with Gasteiger partial charge in [-0.25, -0.2) is 0 Å². The van der Waals surface area contributed by atoms with Crippen LogP contribution >= 0.6 is 0 Å². The minimum Gasteiger partial charge on any atom is -0.399 e. The van der Waals surface area contributed by atoms with E-state index in [1.807, 2.05) is 0 Å². The maximum atomic E-state index is 6.27. The summed E-state index contributed by atoms with van der Waals surface area (Å²) >= 11 is 0. The molecule has 4 rings (SSSR count). The molecule has 0 aromatic heterocycles. The molecule has 0 spiro atoms. The number of piperazine rings is 1. The Hall–Kier alpha value is -1.04. The average Bonchev–Trinajstić information content (AvgIpc) is 2.74. The van der Waals surface area contributed by atoms with Crippen molar-refractivity contribution in [2.45, 2.75) is 64.7 Å². The van der Waals surface area contributed by atoms with Crippen LogP contribution in [0.4, 0.5) is 5.69 Å². The van der Waals surface area contributed by atoms with Gasteiger partial charge < -0.3 is 19.1 Å². The van der Waals surface area contributed by atoms with Crippen molar-refractivity contribution in [3.05, 3.63) is 23.3 Å². The van der Waals surface area contributed by atoms with E-state index in [0.717, 1.165) is 19.5 Å². The van der Waals surface area contributed by atoms with Gasteiger partial charge in [0.1, 0.15) is 0 Å². The SMILES string of the molecule is Cc1cc(B2OC(C)(C)C(C)(C)O2)cc2c1N1CCN(C)CC1CC2. The van der Waals surface area contributed by atoms with Gasteiger partial charge in [-0.05, 0) is 71.1 Å². The summed E-state index contributed by atoms with van der Waals surface area (Å²) in [5.74, 6) is 0. The van der Waals surface area contributed by atoms with Gasteiger partial charge in [-0.2, -0.15) is 0 Å². The summed E-state index contributed by atoms with van der Waals surface area (Å²) in [6, 6.07) is 5.27. The molecule has 3 aliphatic rings. The lowest BCUT2D eigenvalue weighted by Gasteiger charge is -2.46. The van der Waals surface area contributed by atoms with Crippen LogP contribution in [0.2, 0.25) is 0 Å². The number of rotatable bonds is 1. The van der Waals surface area contributed by atoms with Crippen molar-refractivity contribution in [3.8, 4) is 0 Å². The van der Waals surface area contributed by atoms with Gasteiger partial charge >= 0.3 is 7.12 Å². The van der Waals surface area contributed by atoms with Gasteiger partial charge in [0.2, 0.25) is 0 Å². The molecular formula is C20H31BN2O2. The van der Waals surface area contributed by atoms with E-state index in [-0.39, 0.29) is 18.3 Å². The van der Waals surface area contributed by atoms with Gasteiger partial charge in [-0.3, -0.25) is 0 Å². The van der Waals surface area contributed by atoms with Crippen LogP contribution in [0.1, 0.15) is 45.2 Å². The molecule has 1 aromatic carbocycles. The number of nitrogens with zero attached hydrogens (tertiary/aromatic N) is 2. The molecule has 0 amide bonds. The molecule has 1 aromatic rings. The van der Waals surface area contributed by atoms with E-state index in [2.05, 4.69) is 63.6 Å². The highest BCUT2D eigenvalue weighted by molar-refractivity contribution is 6.62. The number of fused-ring (bicyclic) bond motifs is 3. The normalized spacial score (nSPS) is 28.0. The van der Waals surface area contributed by atoms with Crippen LogP contribution in [0.5, 0.6) is 0 Å². The molecule has 0 saturated carbocycles. The molecule has 0 N–H and O–H groups in total. The Morgan fingerprint density at radius 2 is 1.76 bits per heavy atom. The molecule has 3 heterocycles. The Bertz CT molecular complexity index is 673. The van der Waals surface area contributed by atoms with E-state index in [9.17, 15) is 0 Å². The Balaban J connectivity index is 1.66. The summed E-state index contributed by atoms with van der Waals surface area (Å²) in [5.41, 5.74) is 4.88. The third kappa shape index (κ3) is 2.81. The number of likely N-dealkylation sites (N-methyl/N-ethyl adjacent to an activating group) is 1. The lowest BCUT2D eigenvalue weighted by molar-refractivity contribution is 0.00578. The van der Waals surface area contributed by atoms with E-state index < -0.39 is 0 Å². The molecule has 25 heavy (non-hydrogen) atoms. The maximum Gasteiger partial charge on any atom is 0.494 e. The fourth-order valence-electron chi connectivity index (χ4n) is 4.47. The highest BCUT2D eigenvalue weighted by Crippen LogP contribution is 2.38. The first-order chi connectivity index (χ1) is 11.7. The number of benzene rings is 1. The molecular weight excluding hydrogens is 311 g/mol. The van der Waals surface area contributed by atoms with Crippen LogP contribution in [0.15, 0.2) is 12.1 Å². The van der Waals surface area contributed by atoms with Gasteiger partial charge in [-0.1, -0.05) is 12.1 Å². The predicted molar refractivity (Wildman–Crippen MR) is 104 cm³/mol. The van der Waals surface area contributed by atoms with Crippen molar-refractivity contribution in [2.24, 2.45) is 0 Å². The van der Waals surface area contributed by atoms with Gasteiger partial charge in [0, 0.05) is 31.4 Å². The second-order valence-corrected chi connectivity index (χ2v) is 9.08. The van der Waals surface area contributed by atoms with Gasteiger partial charge in [0.05, 0.1) is 11.2 Å². The molecule has 1 atom stereocenters. The second-order valence-electron chi connectivity index (χ2n) is 9.08. The van der Waals surface area contributed by atoms with E-state index >= 15 is 0 Å². The molecule has 4 nitrogen and oxygen atoms in total. The first-order valence-electron chi connectivity index (χ1n) is 9.62. The molecule has 2 saturated heterocycles. The molecule has 0 radical (unpaired) electrons. The molecule has 0 bridgehead atoms. The Morgan fingerprint density at radius 1 is 1.08 bits per heavy atom. The topological polar surface area (TPSA) is 24.9 Å². The lowest BCUT2D eigenvalue weighted by Crippen LogP contribution is -2.54. The summed E-state index contributed by atoms with van der Waals surface area (Å²) in [5, 5.41) is 0. The zero-order chi connectivity index (χ0) is 18.0. The number of hydrogen-bond acceptors (Lipinski definition) is 4. The minimum absolute atomic E-state index is 0.265. The largest absolute Gasteiger partial charge is 0.494 e. The van der Waals surface area contributed by atoms with Crippen molar-refractivity contribution >= 4 is 18.3 Å². The summed E-state index contributed by atoms with van der Waals surface area (Å²) in [6.07, 6.45) is 2.39. The van der Waals surface area contributed by atoms with Crippen molar-refractivity contribution in [1.82, 2.24) is 4.90 Å². The zero-order valence-electron chi connectivity index (χ0n) is 16.6. The minimum atomic E-state index is -0.288. The molecule has 0 aliphatic carbocycles. The second kappa shape index (κ2) is 5.73. The monoisotopic (exact) mass is 342 g/mol. The Morgan fingerprint density at radius 3 is 2.44 bits per heavy atom. The van der Waals surface area contributed by atoms with E-state index in [4.69, 9.17) is 9.31 Å². The van der Waals surface area contributed by atoms with Crippen LogP contribution in [-0.2, 0) is 15.7 Å². The summed E-state index contributed by atoms with van der Waals surface area (Å²) in [6.45, 7) is 14.2. The summed E-state index contributed by atoms with van der Waals surface area (Å²) < 4.78 is 12.5. The standard InChI is InChI=1S/C20H31BN2O2/c1-14-11-16(21-24-19(2,3)20(4,5)25-21)12-15-7-8-17-13-22(6)9-10-23(17)18(14)15/h11-12,17H,7-10,13H2,1-6H3. The number of aryl methyl sites for hydroxylation is 2. The fraction of sp³-hybridized carbons (Fsp3) is 0.700. The first-order valence-corrected chi connectivity index (χ1v) is 9.62.